The summed E-state index contributed by atoms with van der Waals surface area (Å²) in [7, 11) is 2.16. The number of nitrogens with two attached hydrogens (primary N) is 1. The molecule has 1 atom stereocenters. The highest BCUT2D eigenvalue weighted by molar-refractivity contribution is 9.10. The summed E-state index contributed by atoms with van der Waals surface area (Å²) in [6.07, 6.45) is 1.21. The van der Waals surface area contributed by atoms with E-state index < -0.39 is 0 Å². The van der Waals surface area contributed by atoms with E-state index in [0.717, 1.165) is 22.6 Å². The maximum atomic E-state index is 6.01. The molecule has 0 saturated carbocycles. The second kappa shape index (κ2) is 6.41. The van der Waals surface area contributed by atoms with Crippen LogP contribution in [0.25, 0.3) is 0 Å². The molecule has 0 aliphatic heterocycles. The molecule has 0 aromatic heterocycles. The van der Waals surface area contributed by atoms with Crippen molar-refractivity contribution in [2.24, 2.45) is 5.92 Å². The van der Waals surface area contributed by atoms with Gasteiger partial charge >= 0.3 is 0 Å². The van der Waals surface area contributed by atoms with Crippen LogP contribution in [0.2, 0.25) is 0 Å². The summed E-state index contributed by atoms with van der Waals surface area (Å²) >= 11 is 3.57. The number of rotatable bonds is 5. The van der Waals surface area contributed by atoms with Crippen molar-refractivity contribution >= 4 is 21.6 Å². The molecule has 3 heteroatoms. The van der Waals surface area contributed by atoms with E-state index in [2.05, 4.69) is 48.6 Å². The summed E-state index contributed by atoms with van der Waals surface area (Å²) in [6.45, 7) is 7.68. The van der Waals surface area contributed by atoms with E-state index in [9.17, 15) is 0 Å². The Morgan fingerprint density at radius 3 is 2.47 bits per heavy atom. The Hall–Kier alpha value is -0.540. The summed E-state index contributed by atoms with van der Waals surface area (Å²) in [5, 5.41) is 0. The lowest BCUT2D eigenvalue weighted by Gasteiger charge is -2.27. The second-order valence-corrected chi connectivity index (χ2v) is 6.06. The van der Waals surface area contributed by atoms with Gasteiger partial charge in [0.25, 0.3) is 0 Å². The zero-order chi connectivity index (χ0) is 13.0. The number of nitrogens with zero attached hydrogens (tertiary/aromatic N) is 1. The van der Waals surface area contributed by atoms with Crippen LogP contribution in [-0.4, -0.2) is 18.0 Å². The molecule has 1 rings (SSSR count). The quantitative estimate of drug-likeness (QED) is 0.836. The molecule has 1 unspecified atom stereocenters. The Kier molecular flexibility index (Phi) is 5.47. The van der Waals surface area contributed by atoms with E-state index >= 15 is 0 Å². The van der Waals surface area contributed by atoms with E-state index in [-0.39, 0.29) is 0 Å². The van der Waals surface area contributed by atoms with Crippen molar-refractivity contribution in [3.05, 3.63) is 28.2 Å². The van der Waals surface area contributed by atoms with Gasteiger partial charge in [0.15, 0.2) is 0 Å². The minimum atomic E-state index is 0.571. The Morgan fingerprint density at radius 2 is 1.94 bits per heavy atom. The largest absolute Gasteiger partial charge is 0.398 e. The summed E-state index contributed by atoms with van der Waals surface area (Å²) in [4.78, 5) is 2.36. The Morgan fingerprint density at radius 1 is 1.29 bits per heavy atom. The molecule has 2 nitrogen and oxygen atoms in total. The van der Waals surface area contributed by atoms with Gasteiger partial charge in [-0.25, -0.2) is 0 Å². The van der Waals surface area contributed by atoms with Gasteiger partial charge in [-0.3, -0.25) is 4.90 Å². The smallest absolute Gasteiger partial charge is 0.0371 e. The highest BCUT2D eigenvalue weighted by Crippen LogP contribution is 2.25. The van der Waals surface area contributed by atoms with Gasteiger partial charge < -0.3 is 5.73 Å². The van der Waals surface area contributed by atoms with Crippen LogP contribution >= 0.6 is 15.9 Å². The lowest BCUT2D eigenvalue weighted by molar-refractivity contribution is 0.220. The molecule has 0 radical (unpaired) electrons. The van der Waals surface area contributed by atoms with Crippen molar-refractivity contribution in [2.45, 2.75) is 39.8 Å². The van der Waals surface area contributed by atoms with Crippen LogP contribution in [0.5, 0.6) is 0 Å². The van der Waals surface area contributed by atoms with Gasteiger partial charge in [-0.15, -0.1) is 0 Å². The fourth-order valence-electron chi connectivity index (χ4n) is 2.01. The van der Waals surface area contributed by atoms with Crippen LogP contribution < -0.4 is 5.73 Å². The van der Waals surface area contributed by atoms with E-state index in [1.807, 2.05) is 18.2 Å². The number of anilines is 1. The third kappa shape index (κ3) is 4.32. The number of hydrogen-bond acceptors (Lipinski definition) is 2. The zero-order valence-electron chi connectivity index (χ0n) is 11.2. The summed E-state index contributed by atoms with van der Waals surface area (Å²) in [5.41, 5.74) is 8.06. The predicted molar refractivity (Wildman–Crippen MR) is 78.9 cm³/mol. The monoisotopic (exact) mass is 298 g/mol. The lowest BCUT2D eigenvalue weighted by atomic mass is 10.0. The van der Waals surface area contributed by atoms with Crippen LogP contribution in [0.4, 0.5) is 5.69 Å². The van der Waals surface area contributed by atoms with E-state index in [0.29, 0.717) is 6.04 Å². The summed E-state index contributed by atoms with van der Waals surface area (Å²) in [6, 6.07) is 6.55. The van der Waals surface area contributed by atoms with Gasteiger partial charge in [0.2, 0.25) is 0 Å². The standard InChI is InChI=1S/C14H23BrN2/c1-10(2)8-11(3)17(4)9-12-13(15)6-5-7-14(12)16/h5-7,10-11H,8-9,16H2,1-4H3. The summed E-state index contributed by atoms with van der Waals surface area (Å²) < 4.78 is 1.10. The topological polar surface area (TPSA) is 29.3 Å². The fraction of sp³-hybridized carbons (Fsp3) is 0.571. The number of nitrogen functional groups attached to an aromatic ring is 1. The van der Waals surface area contributed by atoms with Crippen LogP contribution in [0.3, 0.4) is 0 Å². The van der Waals surface area contributed by atoms with Crippen LogP contribution in [0.1, 0.15) is 32.8 Å². The molecule has 0 spiro atoms. The minimum Gasteiger partial charge on any atom is -0.398 e. The van der Waals surface area contributed by atoms with E-state index in [1.54, 1.807) is 0 Å². The SMILES string of the molecule is CC(C)CC(C)N(C)Cc1c(N)cccc1Br. The van der Waals surface area contributed by atoms with Gasteiger partial charge in [0, 0.05) is 28.3 Å². The Labute approximate surface area is 113 Å². The van der Waals surface area contributed by atoms with Crippen molar-refractivity contribution in [2.75, 3.05) is 12.8 Å². The Balaban J connectivity index is 2.70. The third-order valence-electron chi connectivity index (χ3n) is 3.13. The Bertz CT molecular complexity index is 343. The molecule has 96 valence electrons. The van der Waals surface area contributed by atoms with Gasteiger partial charge in [-0.1, -0.05) is 35.8 Å². The third-order valence-corrected chi connectivity index (χ3v) is 3.87. The number of hydrogen-bond donors (Lipinski definition) is 1. The molecular weight excluding hydrogens is 276 g/mol. The van der Waals surface area contributed by atoms with Gasteiger partial charge in [-0.05, 0) is 38.4 Å². The first kappa shape index (κ1) is 14.5. The summed E-state index contributed by atoms with van der Waals surface area (Å²) in [5.74, 6) is 0.726. The molecule has 0 aliphatic carbocycles. The molecule has 0 fully saturated rings. The van der Waals surface area contributed by atoms with Crippen LogP contribution in [0, 0.1) is 5.92 Å². The molecule has 0 amide bonds. The second-order valence-electron chi connectivity index (χ2n) is 5.20. The zero-order valence-corrected chi connectivity index (χ0v) is 12.8. The molecule has 2 N–H and O–H groups in total. The van der Waals surface area contributed by atoms with Crippen LogP contribution in [0.15, 0.2) is 22.7 Å². The van der Waals surface area contributed by atoms with Gasteiger partial charge in [-0.2, -0.15) is 0 Å². The minimum absolute atomic E-state index is 0.571. The molecule has 1 aromatic carbocycles. The van der Waals surface area contributed by atoms with Gasteiger partial charge in [0.05, 0.1) is 0 Å². The lowest BCUT2D eigenvalue weighted by Crippen LogP contribution is -2.30. The van der Waals surface area contributed by atoms with Crippen molar-refractivity contribution in [3.8, 4) is 0 Å². The average Bonchev–Trinajstić information content (AvgIpc) is 2.22. The maximum Gasteiger partial charge on any atom is 0.0371 e. The fourth-order valence-corrected chi connectivity index (χ4v) is 2.52. The molecule has 1 aromatic rings. The van der Waals surface area contributed by atoms with Crippen molar-refractivity contribution in [3.63, 3.8) is 0 Å². The van der Waals surface area contributed by atoms with Crippen LogP contribution in [-0.2, 0) is 6.54 Å². The molecule has 17 heavy (non-hydrogen) atoms. The first-order valence-electron chi connectivity index (χ1n) is 6.15. The van der Waals surface area contributed by atoms with Crippen molar-refractivity contribution in [1.29, 1.82) is 0 Å². The van der Waals surface area contributed by atoms with Crippen molar-refractivity contribution < 1.29 is 0 Å². The van der Waals surface area contributed by atoms with Gasteiger partial charge in [0.1, 0.15) is 0 Å². The predicted octanol–water partition coefficient (Wildman–Crippen LogP) is 3.90. The molecule has 0 heterocycles. The molecular formula is C14H23BrN2. The molecule has 0 bridgehead atoms. The van der Waals surface area contributed by atoms with Crippen molar-refractivity contribution in [1.82, 2.24) is 4.90 Å². The van der Waals surface area contributed by atoms with E-state index in [1.165, 1.54) is 12.0 Å². The molecule has 0 aliphatic rings. The average molecular weight is 299 g/mol. The highest BCUT2D eigenvalue weighted by atomic mass is 79.9. The first-order chi connectivity index (χ1) is 7.91. The normalized spacial score (nSPS) is 13.4. The molecule has 0 saturated heterocycles. The first-order valence-corrected chi connectivity index (χ1v) is 6.94. The number of halogens is 1. The number of benzene rings is 1. The van der Waals surface area contributed by atoms with E-state index in [4.69, 9.17) is 5.73 Å². The highest BCUT2D eigenvalue weighted by Gasteiger charge is 2.14. The maximum absolute atomic E-state index is 6.01.